The number of hydrogen-bond acceptors (Lipinski definition) is 3. The largest absolute Gasteiger partial charge is 0.379 e. The molecule has 2 heterocycles. The summed E-state index contributed by atoms with van der Waals surface area (Å²) in [6, 6.07) is 13.5. The number of halogens is 1. The molecule has 0 amide bonds. The maximum absolute atomic E-state index is 11.5. The van der Waals surface area contributed by atoms with Crippen molar-refractivity contribution in [2.24, 2.45) is 0 Å². The molecule has 0 saturated heterocycles. The lowest BCUT2D eigenvalue weighted by atomic mass is 10.2. The van der Waals surface area contributed by atoms with E-state index < -0.39 is 0 Å². The zero-order valence-corrected chi connectivity index (χ0v) is 12.7. The quantitative estimate of drug-likeness (QED) is 0.715. The van der Waals surface area contributed by atoms with Gasteiger partial charge in [0.1, 0.15) is 4.60 Å². The van der Waals surface area contributed by atoms with Crippen LogP contribution >= 0.6 is 15.9 Å². The van der Waals surface area contributed by atoms with Gasteiger partial charge in [0.05, 0.1) is 17.9 Å². The number of aromatic nitrogens is 3. The Morgan fingerprint density at radius 3 is 2.67 bits per heavy atom. The van der Waals surface area contributed by atoms with Gasteiger partial charge in [-0.05, 0) is 52.3 Å². The van der Waals surface area contributed by atoms with Crippen molar-refractivity contribution >= 4 is 21.6 Å². The lowest BCUT2D eigenvalue weighted by Crippen LogP contribution is -2.13. The third-order valence-electron chi connectivity index (χ3n) is 3.04. The smallest absolute Gasteiger partial charge is 0.330 e. The Hall–Kier alpha value is -2.34. The molecular weight excluding hydrogens is 332 g/mol. The first-order valence-corrected chi connectivity index (χ1v) is 7.23. The minimum atomic E-state index is -0.144. The number of benzene rings is 1. The number of H-pyrrole nitrogens is 1. The average Bonchev–Trinajstić information content (AvgIpc) is 2.92. The van der Waals surface area contributed by atoms with Crippen LogP contribution in [0.5, 0.6) is 0 Å². The summed E-state index contributed by atoms with van der Waals surface area (Å²) in [5.74, 6) is 0. The summed E-state index contributed by atoms with van der Waals surface area (Å²) in [6.45, 7) is 0.642. The maximum atomic E-state index is 11.5. The van der Waals surface area contributed by atoms with Crippen LogP contribution in [0.3, 0.4) is 0 Å². The van der Waals surface area contributed by atoms with E-state index in [4.69, 9.17) is 0 Å². The first-order valence-electron chi connectivity index (χ1n) is 6.44. The summed E-state index contributed by atoms with van der Waals surface area (Å²) in [6.07, 6.45) is 3.32. The molecule has 0 aliphatic carbocycles. The second-order valence-corrected chi connectivity index (χ2v) is 5.30. The number of rotatable bonds is 4. The fourth-order valence-corrected chi connectivity index (χ4v) is 2.39. The minimum absolute atomic E-state index is 0.144. The molecule has 21 heavy (non-hydrogen) atoms. The Bertz CT molecular complexity index is 792. The molecule has 0 aliphatic heterocycles. The number of hydrogen-bond donors (Lipinski definition) is 2. The monoisotopic (exact) mass is 344 g/mol. The maximum Gasteiger partial charge on any atom is 0.330 e. The molecule has 0 radical (unpaired) electrons. The molecular formula is C15H13BrN4O. The van der Waals surface area contributed by atoms with Crippen LogP contribution < -0.4 is 11.0 Å². The molecule has 0 spiro atoms. The van der Waals surface area contributed by atoms with Gasteiger partial charge < -0.3 is 10.3 Å². The number of aromatic amines is 1. The highest BCUT2D eigenvalue weighted by Gasteiger charge is 2.00. The number of anilines is 1. The van der Waals surface area contributed by atoms with E-state index in [0.29, 0.717) is 6.54 Å². The molecule has 1 aromatic carbocycles. The second-order valence-electron chi connectivity index (χ2n) is 4.49. The molecule has 2 N–H and O–H groups in total. The number of pyridine rings is 1. The second kappa shape index (κ2) is 5.97. The highest BCUT2D eigenvalue weighted by Crippen LogP contribution is 2.13. The van der Waals surface area contributed by atoms with Gasteiger partial charge in [-0.3, -0.25) is 4.57 Å². The van der Waals surface area contributed by atoms with E-state index in [-0.39, 0.29) is 5.69 Å². The fraction of sp³-hybridized carbons (Fsp3) is 0.0667. The predicted molar refractivity (Wildman–Crippen MR) is 85.7 cm³/mol. The SMILES string of the molecule is O=c1[nH]ccn1-c1ccc(NCc2cccc(Br)n2)cc1. The van der Waals surface area contributed by atoms with Crippen molar-refractivity contribution in [1.29, 1.82) is 0 Å². The van der Waals surface area contributed by atoms with E-state index in [1.807, 2.05) is 42.5 Å². The Morgan fingerprint density at radius 1 is 1.19 bits per heavy atom. The first-order chi connectivity index (χ1) is 10.2. The van der Waals surface area contributed by atoms with Gasteiger partial charge in [-0.25, -0.2) is 9.78 Å². The zero-order chi connectivity index (χ0) is 14.7. The number of nitrogens with one attached hydrogen (secondary N) is 2. The van der Waals surface area contributed by atoms with Gasteiger partial charge in [0.2, 0.25) is 0 Å². The molecule has 2 aromatic heterocycles. The summed E-state index contributed by atoms with van der Waals surface area (Å²) in [5, 5.41) is 3.30. The summed E-state index contributed by atoms with van der Waals surface area (Å²) in [4.78, 5) is 18.5. The van der Waals surface area contributed by atoms with Crippen LogP contribution in [0.25, 0.3) is 5.69 Å². The third kappa shape index (κ3) is 3.22. The molecule has 3 rings (SSSR count). The molecule has 6 heteroatoms. The summed E-state index contributed by atoms with van der Waals surface area (Å²) in [5.41, 5.74) is 2.61. The van der Waals surface area contributed by atoms with Crippen molar-refractivity contribution in [1.82, 2.24) is 14.5 Å². The van der Waals surface area contributed by atoms with Gasteiger partial charge in [0, 0.05) is 18.1 Å². The normalized spacial score (nSPS) is 10.5. The lowest BCUT2D eigenvalue weighted by molar-refractivity contribution is 0.986. The van der Waals surface area contributed by atoms with Crippen LogP contribution in [0, 0.1) is 0 Å². The number of nitrogens with zero attached hydrogens (tertiary/aromatic N) is 2. The van der Waals surface area contributed by atoms with E-state index in [0.717, 1.165) is 21.7 Å². The van der Waals surface area contributed by atoms with Crippen molar-refractivity contribution in [3.63, 3.8) is 0 Å². The molecule has 0 unspecified atom stereocenters. The Labute approximate surface area is 129 Å². The lowest BCUT2D eigenvalue weighted by Gasteiger charge is -2.07. The summed E-state index contributed by atoms with van der Waals surface area (Å²) < 4.78 is 2.38. The Balaban J connectivity index is 1.70. The molecule has 0 aliphatic rings. The van der Waals surface area contributed by atoms with Crippen LogP contribution in [0.1, 0.15) is 5.69 Å². The molecule has 106 valence electrons. The van der Waals surface area contributed by atoms with Crippen LogP contribution in [0.15, 0.2) is 64.3 Å². The van der Waals surface area contributed by atoms with E-state index >= 15 is 0 Å². The Morgan fingerprint density at radius 2 is 2.00 bits per heavy atom. The molecule has 0 atom stereocenters. The molecule has 0 bridgehead atoms. The van der Waals surface area contributed by atoms with E-state index in [1.165, 1.54) is 0 Å². The van der Waals surface area contributed by atoms with Gasteiger partial charge in [-0.15, -0.1) is 0 Å². The van der Waals surface area contributed by atoms with E-state index in [9.17, 15) is 4.79 Å². The van der Waals surface area contributed by atoms with Crippen molar-refractivity contribution in [3.05, 3.63) is 75.6 Å². The van der Waals surface area contributed by atoms with Gasteiger partial charge in [-0.2, -0.15) is 0 Å². The van der Waals surface area contributed by atoms with Crippen molar-refractivity contribution in [2.45, 2.75) is 6.54 Å². The van der Waals surface area contributed by atoms with Crippen LogP contribution in [0.4, 0.5) is 5.69 Å². The van der Waals surface area contributed by atoms with Crippen molar-refractivity contribution in [2.75, 3.05) is 5.32 Å². The van der Waals surface area contributed by atoms with Crippen molar-refractivity contribution in [3.8, 4) is 5.69 Å². The first kappa shape index (κ1) is 13.6. The van der Waals surface area contributed by atoms with Crippen LogP contribution in [-0.2, 0) is 6.54 Å². The van der Waals surface area contributed by atoms with Gasteiger partial charge in [0.25, 0.3) is 0 Å². The third-order valence-corrected chi connectivity index (χ3v) is 3.48. The summed E-state index contributed by atoms with van der Waals surface area (Å²) in [7, 11) is 0. The Kier molecular flexibility index (Phi) is 3.87. The van der Waals surface area contributed by atoms with Gasteiger partial charge in [-0.1, -0.05) is 6.07 Å². The molecule has 0 fully saturated rings. The fourth-order valence-electron chi connectivity index (χ4n) is 2.00. The minimum Gasteiger partial charge on any atom is -0.379 e. The molecule has 0 saturated carbocycles. The predicted octanol–water partition coefficient (Wildman–Crippen LogP) is 2.94. The van der Waals surface area contributed by atoms with Gasteiger partial charge in [0.15, 0.2) is 0 Å². The van der Waals surface area contributed by atoms with Crippen LogP contribution in [-0.4, -0.2) is 14.5 Å². The standard InChI is InChI=1S/C15H13BrN4O/c16-14-3-1-2-12(19-14)10-18-11-4-6-13(7-5-11)20-9-8-17-15(20)21/h1-9,18H,10H2,(H,17,21). The zero-order valence-electron chi connectivity index (χ0n) is 11.1. The van der Waals surface area contributed by atoms with Crippen molar-refractivity contribution < 1.29 is 0 Å². The topological polar surface area (TPSA) is 62.7 Å². The molecule has 5 nitrogen and oxygen atoms in total. The number of imidazole rings is 1. The van der Waals surface area contributed by atoms with Crippen LogP contribution in [0.2, 0.25) is 0 Å². The van der Waals surface area contributed by atoms with Gasteiger partial charge >= 0.3 is 5.69 Å². The molecule has 3 aromatic rings. The highest BCUT2D eigenvalue weighted by molar-refractivity contribution is 9.10. The summed E-state index contributed by atoms with van der Waals surface area (Å²) >= 11 is 3.35. The van der Waals surface area contributed by atoms with E-state index in [1.54, 1.807) is 17.0 Å². The highest BCUT2D eigenvalue weighted by atomic mass is 79.9. The van der Waals surface area contributed by atoms with E-state index in [2.05, 4.69) is 31.2 Å². The average molecular weight is 345 g/mol.